The van der Waals surface area contributed by atoms with E-state index in [-0.39, 0.29) is 10.8 Å². The zero-order chi connectivity index (χ0) is 21.2. The molecule has 0 unspecified atom stereocenters. The number of hydrogen-bond donors (Lipinski definition) is 2. The van der Waals surface area contributed by atoms with Crippen LogP contribution in [0.25, 0.3) is 10.9 Å². The van der Waals surface area contributed by atoms with Crippen LogP contribution in [0.4, 0.5) is 11.4 Å². The second-order valence-electron chi connectivity index (χ2n) is 7.12. The van der Waals surface area contributed by atoms with Gasteiger partial charge in [0.05, 0.1) is 16.1 Å². The number of rotatable bonds is 6. The van der Waals surface area contributed by atoms with E-state index in [0.29, 0.717) is 11.4 Å². The van der Waals surface area contributed by atoms with Crippen molar-refractivity contribution in [2.45, 2.75) is 45.4 Å². The molecule has 6 nitrogen and oxygen atoms in total. The Balaban J connectivity index is 2.01. The predicted molar refractivity (Wildman–Crippen MR) is 117 cm³/mol. The van der Waals surface area contributed by atoms with Crippen LogP contribution in [0.3, 0.4) is 0 Å². The summed E-state index contributed by atoms with van der Waals surface area (Å²) in [5, 5.41) is 3.41. The summed E-state index contributed by atoms with van der Waals surface area (Å²) in [6.07, 6.45) is 1.86. The van der Waals surface area contributed by atoms with Crippen molar-refractivity contribution >= 4 is 38.2 Å². The molecule has 0 saturated heterocycles. The third kappa shape index (κ3) is 4.56. The summed E-state index contributed by atoms with van der Waals surface area (Å²) in [7, 11) is -3.79. The Morgan fingerprint density at radius 1 is 1.07 bits per heavy atom. The molecule has 0 saturated carbocycles. The average Bonchev–Trinajstić information content (AvgIpc) is 2.65. The number of carbonyl (C=O) groups excluding carboxylic acids is 1. The minimum atomic E-state index is -3.79. The number of fused-ring (bicyclic) bond motifs is 1. The number of hydrogen-bond acceptors (Lipinski definition) is 4. The Morgan fingerprint density at radius 3 is 2.38 bits per heavy atom. The van der Waals surface area contributed by atoms with Crippen LogP contribution in [-0.4, -0.2) is 19.3 Å². The van der Waals surface area contributed by atoms with E-state index in [9.17, 15) is 13.2 Å². The third-order valence-electron chi connectivity index (χ3n) is 4.76. The summed E-state index contributed by atoms with van der Waals surface area (Å²) in [5.74, 6) is -0.212. The lowest BCUT2D eigenvalue weighted by Gasteiger charge is -2.15. The smallest absolute Gasteiger partial charge is 0.261 e. The van der Waals surface area contributed by atoms with E-state index in [4.69, 9.17) is 4.98 Å². The van der Waals surface area contributed by atoms with Crippen molar-refractivity contribution in [1.82, 2.24) is 4.98 Å². The molecular weight excluding hydrogens is 386 g/mol. The van der Waals surface area contributed by atoms with Crippen molar-refractivity contribution in [2.24, 2.45) is 0 Å². The fraction of sp³-hybridized carbons (Fsp3) is 0.273. The highest BCUT2D eigenvalue weighted by atomic mass is 32.2. The number of aryl methyl sites for hydroxylation is 3. The summed E-state index contributed by atoms with van der Waals surface area (Å²) in [5.41, 5.74) is 4.92. The lowest BCUT2D eigenvalue weighted by molar-refractivity contribution is -0.114. The SMILES string of the molecule is CCCc1ccc(NS(=O)(=O)c2ccc(NC(C)=O)cc2)c2cc(C)c(C)nc12. The number of carbonyl (C=O) groups is 1. The number of nitrogens with zero attached hydrogens (tertiary/aromatic N) is 1. The first-order valence-electron chi connectivity index (χ1n) is 9.51. The highest BCUT2D eigenvalue weighted by Crippen LogP contribution is 2.30. The van der Waals surface area contributed by atoms with Gasteiger partial charge in [0.1, 0.15) is 0 Å². The molecule has 0 spiro atoms. The van der Waals surface area contributed by atoms with Gasteiger partial charge >= 0.3 is 0 Å². The average molecular weight is 412 g/mol. The van der Waals surface area contributed by atoms with Gasteiger partial charge in [-0.1, -0.05) is 19.4 Å². The van der Waals surface area contributed by atoms with Crippen molar-refractivity contribution in [3.63, 3.8) is 0 Å². The molecular formula is C22H25N3O3S. The molecule has 7 heteroatoms. The highest BCUT2D eigenvalue weighted by molar-refractivity contribution is 7.92. The normalized spacial score (nSPS) is 11.4. The van der Waals surface area contributed by atoms with Gasteiger partial charge in [-0.05, 0) is 67.8 Å². The predicted octanol–water partition coefficient (Wildman–Crippen LogP) is 4.56. The zero-order valence-electron chi connectivity index (χ0n) is 17.0. The molecule has 1 aromatic heterocycles. The molecule has 0 aliphatic rings. The Labute approximate surface area is 171 Å². The van der Waals surface area contributed by atoms with Crippen LogP contribution in [0.5, 0.6) is 0 Å². The van der Waals surface area contributed by atoms with Crippen molar-refractivity contribution in [3.8, 4) is 0 Å². The summed E-state index contributed by atoms with van der Waals surface area (Å²) in [6.45, 7) is 7.43. The van der Waals surface area contributed by atoms with Crippen LogP contribution in [0.2, 0.25) is 0 Å². The number of nitrogens with one attached hydrogen (secondary N) is 2. The molecule has 0 aliphatic heterocycles. The standard InChI is InChI=1S/C22H25N3O3S/c1-5-6-17-7-12-21(20-13-14(2)15(3)23-22(17)20)25-29(27,28)19-10-8-18(9-11-19)24-16(4)26/h7-13,25H,5-6H2,1-4H3,(H,24,26). The van der Waals surface area contributed by atoms with Gasteiger partial charge in [-0.25, -0.2) is 8.42 Å². The Kier molecular flexibility index (Phi) is 5.88. The van der Waals surface area contributed by atoms with Crippen LogP contribution < -0.4 is 10.0 Å². The lowest BCUT2D eigenvalue weighted by Crippen LogP contribution is -2.14. The van der Waals surface area contributed by atoms with E-state index in [1.807, 2.05) is 26.0 Å². The van der Waals surface area contributed by atoms with E-state index in [1.165, 1.54) is 19.1 Å². The molecule has 2 aromatic carbocycles. The van der Waals surface area contributed by atoms with Crippen LogP contribution in [-0.2, 0) is 21.2 Å². The summed E-state index contributed by atoms with van der Waals surface area (Å²) in [6, 6.07) is 11.8. The van der Waals surface area contributed by atoms with Gasteiger partial charge in [0.25, 0.3) is 10.0 Å². The summed E-state index contributed by atoms with van der Waals surface area (Å²) in [4.78, 5) is 16.0. The number of benzene rings is 2. The number of sulfonamides is 1. The fourth-order valence-electron chi connectivity index (χ4n) is 3.19. The molecule has 0 radical (unpaired) electrons. The number of aromatic nitrogens is 1. The number of anilines is 2. The molecule has 0 bridgehead atoms. The molecule has 3 aromatic rings. The Bertz CT molecular complexity index is 1170. The summed E-state index contributed by atoms with van der Waals surface area (Å²) >= 11 is 0. The van der Waals surface area contributed by atoms with Crippen molar-refractivity contribution in [2.75, 3.05) is 10.0 Å². The van der Waals surface area contributed by atoms with Crippen LogP contribution >= 0.6 is 0 Å². The second kappa shape index (κ2) is 8.21. The second-order valence-corrected chi connectivity index (χ2v) is 8.80. The van der Waals surface area contributed by atoms with Gasteiger partial charge in [0, 0.05) is 23.7 Å². The Hall–Kier alpha value is -2.93. The van der Waals surface area contributed by atoms with E-state index >= 15 is 0 Å². The number of pyridine rings is 1. The first-order valence-corrected chi connectivity index (χ1v) is 11.0. The van der Waals surface area contributed by atoms with E-state index in [2.05, 4.69) is 17.0 Å². The van der Waals surface area contributed by atoms with Crippen molar-refractivity contribution in [3.05, 3.63) is 59.3 Å². The van der Waals surface area contributed by atoms with E-state index in [0.717, 1.165) is 40.6 Å². The lowest BCUT2D eigenvalue weighted by atomic mass is 10.0. The molecule has 1 heterocycles. The quantitative estimate of drug-likeness (QED) is 0.622. The first kappa shape index (κ1) is 20.8. The van der Waals surface area contributed by atoms with Crippen molar-refractivity contribution < 1.29 is 13.2 Å². The van der Waals surface area contributed by atoms with Crippen LogP contribution in [0.15, 0.2) is 47.4 Å². The molecule has 0 fully saturated rings. The van der Waals surface area contributed by atoms with Gasteiger partial charge in [0.2, 0.25) is 5.91 Å². The van der Waals surface area contributed by atoms with E-state index < -0.39 is 10.0 Å². The summed E-state index contributed by atoms with van der Waals surface area (Å²) < 4.78 is 28.5. The van der Waals surface area contributed by atoms with E-state index in [1.54, 1.807) is 18.2 Å². The maximum atomic E-state index is 12.9. The van der Waals surface area contributed by atoms with Crippen molar-refractivity contribution in [1.29, 1.82) is 0 Å². The van der Waals surface area contributed by atoms with Gasteiger partial charge in [0.15, 0.2) is 0 Å². The molecule has 1 amide bonds. The molecule has 0 atom stereocenters. The molecule has 2 N–H and O–H groups in total. The molecule has 29 heavy (non-hydrogen) atoms. The minimum absolute atomic E-state index is 0.120. The number of amides is 1. The maximum absolute atomic E-state index is 12.9. The highest BCUT2D eigenvalue weighted by Gasteiger charge is 2.17. The minimum Gasteiger partial charge on any atom is -0.326 e. The van der Waals surface area contributed by atoms with Gasteiger partial charge < -0.3 is 5.32 Å². The topological polar surface area (TPSA) is 88.2 Å². The largest absolute Gasteiger partial charge is 0.326 e. The zero-order valence-corrected chi connectivity index (χ0v) is 17.9. The van der Waals surface area contributed by atoms with Gasteiger partial charge in [-0.2, -0.15) is 0 Å². The monoisotopic (exact) mass is 411 g/mol. The van der Waals surface area contributed by atoms with Crippen LogP contribution in [0.1, 0.15) is 37.1 Å². The first-order chi connectivity index (χ1) is 13.7. The molecule has 0 aliphatic carbocycles. The fourth-order valence-corrected chi connectivity index (χ4v) is 4.27. The Morgan fingerprint density at radius 2 is 1.76 bits per heavy atom. The molecule has 152 valence electrons. The van der Waals surface area contributed by atoms with Gasteiger partial charge in [-0.15, -0.1) is 0 Å². The van der Waals surface area contributed by atoms with Gasteiger partial charge in [-0.3, -0.25) is 14.5 Å². The van der Waals surface area contributed by atoms with Crippen LogP contribution in [0, 0.1) is 13.8 Å². The maximum Gasteiger partial charge on any atom is 0.261 e. The molecule has 3 rings (SSSR count). The third-order valence-corrected chi connectivity index (χ3v) is 6.14.